The Morgan fingerprint density at radius 3 is 2.27 bits per heavy atom. The molecule has 2 aromatic rings. The van der Waals surface area contributed by atoms with Crippen molar-refractivity contribution in [1.82, 2.24) is 4.90 Å². The minimum Gasteiger partial charge on any atom is -0.495 e. The summed E-state index contributed by atoms with van der Waals surface area (Å²) < 4.78 is 30.8. The van der Waals surface area contributed by atoms with E-state index in [-0.39, 0.29) is 12.5 Å². The van der Waals surface area contributed by atoms with E-state index < -0.39 is 10.0 Å². The summed E-state index contributed by atoms with van der Waals surface area (Å²) in [4.78, 5) is 14.1. The summed E-state index contributed by atoms with van der Waals surface area (Å²) in [6.45, 7) is 2.11. The van der Waals surface area contributed by atoms with Crippen LogP contribution >= 0.6 is 0 Å². The lowest BCUT2D eigenvalue weighted by molar-refractivity contribution is -0.128. The number of ether oxygens (including phenoxy) is 1. The molecule has 0 heterocycles. The van der Waals surface area contributed by atoms with Gasteiger partial charge in [-0.3, -0.25) is 9.10 Å². The Morgan fingerprint density at radius 2 is 1.69 bits per heavy atom. The van der Waals surface area contributed by atoms with Crippen LogP contribution in [-0.2, 0) is 21.4 Å². The maximum absolute atomic E-state index is 12.6. The molecule has 2 aromatic carbocycles. The van der Waals surface area contributed by atoms with Crippen LogP contribution in [-0.4, -0.2) is 46.2 Å². The van der Waals surface area contributed by atoms with E-state index in [0.29, 0.717) is 18.0 Å². The Bertz CT molecular complexity index is 863. The maximum Gasteiger partial charge on any atom is 0.243 e. The third kappa shape index (κ3) is 4.98. The summed E-state index contributed by atoms with van der Waals surface area (Å²) in [6, 6.07) is 14.6. The van der Waals surface area contributed by atoms with Crippen molar-refractivity contribution in [3.05, 3.63) is 59.7 Å². The Morgan fingerprint density at radius 1 is 1.08 bits per heavy atom. The average Bonchev–Trinajstić information content (AvgIpc) is 2.60. The molecule has 0 aliphatic carbocycles. The smallest absolute Gasteiger partial charge is 0.243 e. The lowest BCUT2D eigenvalue weighted by Gasteiger charge is -2.26. The number of amides is 1. The fourth-order valence-corrected chi connectivity index (χ4v) is 3.37. The number of hydrogen-bond donors (Lipinski definition) is 0. The van der Waals surface area contributed by atoms with E-state index in [1.54, 1.807) is 31.3 Å². The fourth-order valence-electron chi connectivity index (χ4n) is 2.52. The highest BCUT2D eigenvalue weighted by atomic mass is 32.2. The zero-order valence-electron chi connectivity index (χ0n) is 15.5. The molecule has 0 bridgehead atoms. The minimum absolute atomic E-state index is 0.290. The molecule has 0 N–H and O–H groups in total. The normalized spacial score (nSPS) is 11.1. The molecule has 0 aliphatic heterocycles. The van der Waals surface area contributed by atoms with Crippen LogP contribution in [0.3, 0.4) is 0 Å². The van der Waals surface area contributed by atoms with Gasteiger partial charge in [-0.1, -0.05) is 42.0 Å². The van der Waals surface area contributed by atoms with Crippen LogP contribution in [0.4, 0.5) is 5.69 Å². The number of benzene rings is 2. The molecule has 0 saturated heterocycles. The van der Waals surface area contributed by atoms with Crippen molar-refractivity contribution in [1.29, 1.82) is 0 Å². The molecule has 1 amide bonds. The minimum atomic E-state index is -3.65. The van der Waals surface area contributed by atoms with E-state index in [9.17, 15) is 13.2 Å². The quantitative estimate of drug-likeness (QED) is 0.744. The predicted molar refractivity (Wildman–Crippen MR) is 103 cm³/mol. The zero-order chi connectivity index (χ0) is 19.3. The van der Waals surface area contributed by atoms with E-state index in [0.717, 1.165) is 21.7 Å². The second-order valence-corrected chi connectivity index (χ2v) is 8.08. The highest BCUT2D eigenvalue weighted by Gasteiger charge is 2.25. The standard InChI is InChI=1S/C19H24N2O4S/c1-15-9-11-16(12-10-15)13-20(2)19(22)14-21(26(4,23)24)17-7-5-6-8-18(17)25-3/h5-12H,13-14H2,1-4H3. The second-order valence-electron chi connectivity index (χ2n) is 6.18. The number of likely N-dealkylation sites (N-methyl/N-ethyl adjacent to an activating group) is 1. The number of hydrogen-bond acceptors (Lipinski definition) is 4. The molecular weight excluding hydrogens is 352 g/mol. The number of carbonyl (C=O) groups is 1. The van der Waals surface area contributed by atoms with Crippen molar-refractivity contribution in [3.63, 3.8) is 0 Å². The van der Waals surface area contributed by atoms with Gasteiger partial charge in [0.1, 0.15) is 12.3 Å². The van der Waals surface area contributed by atoms with Gasteiger partial charge < -0.3 is 9.64 Å². The summed E-state index contributed by atoms with van der Waals surface area (Å²) >= 11 is 0. The molecule has 26 heavy (non-hydrogen) atoms. The molecule has 0 aliphatic rings. The first kappa shape index (κ1) is 19.8. The van der Waals surface area contributed by atoms with E-state index in [4.69, 9.17) is 4.74 Å². The molecule has 0 saturated carbocycles. The van der Waals surface area contributed by atoms with Crippen molar-refractivity contribution in [2.45, 2.75) is 13.5 Å². The number of aryl methyl sites for hydroxylation is 1. The number of rotatable bonds is 7. The SMILES string of the molecule is COc1ccccc1N(CC(=O)N(C)Cc1ccc(C)cc1)S(C)(=O)=O. The van der Waals surface area contributed by atoms with Gasteiger partial charge in [-0.05, 0) is 24.6 Å². The second kappa shape index (κ2) is 8.23. The third-order valence-corrected chi connectivity index (χ3v) is 5.13. The summed E-state index contributed by atoms with van der Waals surface area (Å²) in [5.41, 5.74) is 2.46. The fraction of sp³-hybridized carbons (Fsp3) is 0.316. The van der Waals surface area contributed by atoms with Gasteiger partial charge in [0, 0.05) is 13.6 Å². The molecule has 0 atom stereocenters. The molecule has 7 heteroatoms. The van der Waals surface area contributed by atoms with Crippen LogP contribution in [0.5, 0.6) is 5.75 Å². The topological polar surface area (TPSA) is 66.9 Å². The van der Waals surface area contributed by atoms with Gasteiger partial charge in [0.2, 0.25) is 15.9 Å². The molecule has 0 aromatic heterocycles. The molecular formula is C19H24N2O4S. The number of sulfonamides is 1. The molecule has 0 unspecified atom stereocenters. The van der Waals surface area contributed by atoms with E-state index in [1.165, 1.54) is 12.0 Å². The third-order valence-electron chi connectivity index (χ3n) is 4.00. The molecule has 0 spiro atoms. The maximum atomic E-state index is 12.6. The van der Waals surface area contributed by atoms with Gasteiger partial charge in [-0.2, -0.15) is 0 Å². The molecule has 0 radical (unpaired) electrons. The van der Waals surface area contributed by atoms with Gasteiger partial charge in [-0.25, -0.2) is 8.42 Å². The van der Waals surface area contributed by atoms with E-state index >= 15 is 0 Å². The number of nitrogens with zero attached hydrogens (tertiary/aromatic N) is 2. The highest BCUT2D eigenvalue weighted by molar-refractivity contribution is 7.92. The number of anilines is 1. The lowest BCUT2D eigenvalue weighted by Crippen LogP contribution is -2.41. The monoisotopic (exact) mass is 376 g/mol. The van der Waals surface area contributed by atoms with Crippen LogP contribution < -0.4 is 9.04 Å². The van der Waals surface area contributed by atoms with Gasteiger partial charge in [0.15, 0.2) is 0 Å². The molecule has 6 nitrogen and oxygen atoms in total. The molecule has 2 rings (SSSR count). The zero-order valence-corrected chi connectivity index (χ0v) is 16.3. The first-order valence-corrected chi connectivity index (χ1v) is 9.97. The van der Waals surface area contributed by atoms with Gasteiger partial charge in [0.05, 0.1) is 19.1 Å². The average molecular weight is 376 g/mol. The van der Waals surface area contributed by atoms with Gasteiger partial charge >= 0.3 is 0 Å². The molecule has 0 fully saturated rings. The largest absolute Gasteiger partial charge is 0.495 e. The van der Waals surface area contributed by atoms with Crippen molar-refractivity contribution in [2.75, 3.05) is 31.3 Å². The van der Waals surface area contributed by atoms with Crippen LogP contribution in [0.2, 0.25) is 0 Å². The van der Waals surface area contributed by atoms with Crippen molar-refractivity contribution in [3.8, 4) is 5.75 Å². The van der Waals surface area contributed by atoms with Gasteiger partial charge in [0.25, 0.3) is 0 Å². The first-order valence-electron chi connectivity index (χ1n) is 8.12. The summed E-state index contributed by atoms with van der Waals surface area (Å²) in [5.74, 6) is 0.0915. The Labute approximate surface area is 155 Å². The number of carbonyl (C=O) groups excluding carboxylic acids is 1. The van der Waals surface area contributed by atoms with Crippen molar-refractivity contribution in [2.24, 2.45) is 0 Å². The van der Waals surface area contributed by atoms with Crippen molar-refractivity contribution < 1.29 is 17.9 Å². The summed E-state index contributed by atoms with van der Waals surface area (Å²) in [7, 11) is -0.531. The van der Waals surface area contributed by atoms with Crippen LogP contribution in [0.15, 0.2) is 48.5 Å². The van der Waals surface area contributed by atoms with Crippen LogP contribution in [0, 0.1) is 6.92 Å². The van der Waals surface area contributed by atoms with Crippen LogP contribution in [0.1, 0.15) is 11.1 Å². The summed E-state index contributed by atoms with van der Waals surface area (Å²) in [5, 5.41) is 0. The van der Waals surface area contributed by atoms with Crippen molar-refractivity contribution >= 4 is 21.6 Å². The Balaban J connectivity index is 2.20. The van der Waals surface area contributed by atoms with Crippen LogP contribution in [0.25, 0.3) is 0 Å². The van der Waals surface area contributed by atoms with E-state index in [1.807, 2.05) is 31.2 Å². The lowest BCUT2D eigenvalue weighted by atomic mass is 10.1. The Hall–Kier alpha value is -2.54. The highest BCUT2D eigenvalue weighted by Crippen LogP contribution is 2.29. The Kier molecular flexibility index (Phi) is 6.26. The first-order chi connectivity index (χ1) is 12.2. The summed E-state index contributed by atoms with van der Waals surface area (Å²) in [6.07, 6.45) is 1.08. The molecule has 140 valence electrons. The number of para-hydroxylation sites is 2. The predicted octanol–water partition coefficient (Wildman–Crippen LogP) is 2.43. The van der Waals surface area contributed by atoms with Gasteiger partial charge in [-0.15, -0.1) is 0 Å². The number of methoxy groups -OCH3 is 1. The van der Waals surface area contributed by atoms with E-state index in [2.05, 4.69) is 0 Å².